The van der Waals surface area contributed by atoms with Gasteiger partial charge >= 0.3 is 0 Å². The Bertz CT molecular complexity index is 393. The maximum Gasteiger partial charge on any atom is 0.253 e. The van der Waals surface area contributed by atoms with Gasteiger partial charge in [-0.25, -0.2) is 0 Å². The maximum atomic E-state index is 11.4. The predicted octanol–water partition coefficient (Wildman–Crippen LogP) is 2.18. The van der Waals surface area contributed by atoms with Crippen LogP contribution in [0.3, 0.4) is 0 Å². The van der Waals surface area contributed by atoms with Crippen LogP contribution in [0.1, 0.15) is 25.3 Å². The Kier molecular flexibility index (Phi) is 2.54. The fraction of sp³-hybridized carbons (Fsp3) is 0.333. The van der Waals surface area contributed by atoms with Gasteiger partial charge < -0.3 is 0 Å². The lowest BCUT2D eigenvalue weighted by atomic mass is 10.0. The summed E-state index contributed by atoms with van der Waals surface area (Å²) in [5.74, 6) is 0.550. The monoisotopic (exact) mass is 202 g/mol. The van der Waals surface area contributed by atoms with E-state index in [-0.39, 0.29) is 12.5 Å². The Labute approximate surface area is 89.4 Å². The Balaban J connectivity index is 2.23. The molecule has 0 radical (unpaired) electrons. The summed E-state index contributed by atoms with van der Waals surface area (Å²) in [6, 6.07) is 8.04. The van der Waals surface area contributed by atoms with Gasteiger partial charge in [0.1, 0.15) is 6.54 Å². The number of hydrogen-bond donors (Lipinski definition) is 0. The van der Waals surface area contributed by atoms with Gasteiger partial charge in [0.05, 0.1) is 6.34 Å². The predicted molar refractivity (Wildman–Crippen MR) is 61.4 cm³/mol. The minimum absolute atomic E-state index is 0.0345. The number of carbonyl (C=O) groups is 1. The molecule has 0 saturated heterocycles. The number of rotatable bonds is 2. The standard InChI is InChI=1S/C12H14N2O/c1-9(2)10-3-5-11(6-4-10)14-8-13-7-12(14)15/h3-6,8-9H,7H2,1-2H3. The highest BCUT2D eigenvalue weighted by molar-refractivity contribution is 6.12. The van der Waals surface area contributed by atoms with Crippen LogP contribution in [0.5, 0.6) is 0 Å². The maximum absolute atomic E-state index is 11.4. The topological polar surface area (TPSA) is 32.7 Å². The minimum Gasteiger partial charge on any atom is -0.272 e. The van der Waals surface area contributed by atoms with E-state index in [1.807, 2.05) is 12.1 Å². The van der Waals surface area contributed by atoms with E-state index in [0.29, 0.717) is 5.92 Å². The van der Waals surface area contributed by atoms with Crippen LogP contribution < -0.4 is 4.90 Å². The van der Waals surface area contributed by atoms with Crippen molar-refractivity contribution in [3.63, 3.8) is 0 Å². The highest BCUT2D eigenvalue weighted by Gasteiger charge is 2.17. The van der Waals surface area contributed by atoms with Crippen LogP contribution >= 0.6 is 0 Å². The molecule has 0 spiro atoms. The third-order valence-electron chi connectivity index (χ3n) is 2.53. The third-order valence-corrected chi connectivity index (χ3v) is 2.53. The van der Waals surface area contributed by atoms with Crippen molar-refractivity contribution in [2.75, 3.05) is 11.4 Å². The second kappa shape index (κ2) is 3.85. The number of anilines is 1. The number of nitrogens with zero attached hydrogens (tertiary/aromatic N) is 2. The molecule has 1 aromatic rings. The van der Waals surface area contributed by atoms with E-state index in [1.54, 1.807) is 11.2 Å². The quantitative estimate of drug-likeness (QED) is 0.723. The molecule has 0 atom stereocenters. The SMILES string of the molecule is CC(C)c1ccc(N2C=NCC2=O)cc1. The van der Waals surface area contributed by atoms with Crippen LogP contribution in [0.25, 0.3) is 0 Å². The Morgan fingerprint density at radius 1 is 1.27 bits per heavy atom. The van der Waals surface area contributed by atoms with Crippen molar-refractivity contribution in [1.29, 1.82) is 0 Å². The van der Waals surface area contributed by atoms with E-state index in [1.165, 1.54) is 5.56 Å². The molecule has 0 aromatic heterocycles. The van der Waals surface area contributed by atoms with E-state index in [9.17, 15) is 4.79 Å². The second-order valence-electron chi connectivity index (χ2n) is 3.97. The summed E-state index contributed by atoms with van der Waals surface area (Å²) in [7, 11) is 0. The van der Waals surface area contributed by atoms with E-state index in [2.05, 4.69) is 31.0 Å². The highest BCUT2D eigenvalue weighted by atomic mass is 16.2. The summed E-state index contributed by atoms with van der Waals surface area (Å²) in [4.78, 5) is 16.9. The Morgan fingerprint density at radius 2 is 1.93 bits per heavy atom. The normalized spacial score (nSPS) is 15.4. The Hall–Kier alpha value is -1.64. The molecule has 0 fully saturated rings. The zero-order valence-corrected chi connectivity index (χ0v) is 8.97. The number of hydrogen-bond acceptors (Lipinski definition) is 2. The van der Waals surface area contributed by atoms with Gasteiger partial charge in [-0.3, -0.25) is 14.7 Å². The molecule has 0 saturated carbocycles. The zero-order valence-electron chi connectivity index (χ0n) is 8.97. The highest BCUT2D eigenvalue weighted by Crippen LogP contribution is 2.20. The van der Waals surface area contributed by atoms with E-state index in [0.717, 1.165) is 5.69 Å². The Morgan fingerprint density at radius 3 is 2.40 bits per heavy atom. The first-order chi connectivity index (χ1) is 7.18. The number of amides is 1. The fourth-order valence-corrected chi connectivity index (χ4v) is 1.57. The lowest BCUT2D eigenvalue weighted by molar-refractivity contribution is -0.115. The second-order valence-corrected chi connectivity index (χ2v) is 3.97. The molecule has 78 valence electrons. The van der Waals surface area contributed by atoms with Crippen LogP contribution in [-0.4, -0.2) is 18.8 Å². The molecule has 3 nitrogen and oxygen atoms in total. The molecule has 15 heavy (non-hydrogen) atoms. The first kappa shape index (κ1) is 9.90. The van der Waals surface area contributed by atoms with Crippen LogP contribution in [0.15, 0.2) is 29.3 Å². The van der Waals surface area contributed by atoms with E-state index >= 15 is 0 Å². The van der Waals surface area contributed by atoms with Crippen molar-refractivity contribution in [3.05, 3.63) is 29.8 Å². The molecular formula is C12H14N2O. The van der Waals surface area contributed by atoms with E-state index in [4.69, 9.17) is 0 Å². The molecule has 0 bridgehead atoms. The van der Waals surface area contributed by atoms with E-state index < -0.39 is 0 Å². The van der Waals surface area contributed by atoms with Gasteiger partial charge in [0.15, 0.2) is 0 Å². The average molecular weight is 202 g/mol. The van der Waals surface area contributed by atoms with Gasteiger partial charge in [0.25, 0.3) is 5.91 Å². The van der Waals surface area contributed by atoms with Crippen LogP contribution in [-0.2, 0) is 4.79 Å². The van der Waals surface area contributed by atoms with Gasteiger partial charge in [0, 0.05) is 5.69 Å². The molecule has 1 heterocycles. The van der Waals surface area contributed by atoms with Crippen molar-refractivity contribution in [1.82, 2.24) is 0 Å². The summed E-state index contributed by atoms with van der Waals surface area (Å²) in [5.41, 5.74) is 2.17. The fourth-order valence-electron chi connectivity index (χ4n) is 1.57. The number of aliphatic imine (C=N–C) groups is 1. The van der Waals surface area contributed by atoms with Crippen molar-refractivity contribution in [2.45, 2.75) is 19.8 Å². The summed E-state index contributed by atoms with van der Waals surface area (Å²) < 4.78 is 0. The number of carbonyl (C=O) groups excluding carboxylic acids is 1. The lowest BCUT2D eigenvalue weighted by Crippen LogP contribution is -2.25. The van der Waals surface area contributed by atoms with Gasteiger partial charge in [-0.05, 0) is 23.6 Å². The van der Waals surface area contributed by atoms with Crippen LogP contribution in [0.2, 0.25) is 0 Å². The van der Waals surface area contributed by atoms with Gasteiger partial charge in [-0.2, -0.15) is 0 Å². The molecule has 1 aliphatic heterocycles. The molecule has 1 aromatic carbocycles. The molecule has 2 rings (SSSR count). The molecule has 0 unspecified atom stereocenters. The van der Waals surface area contributed by atoms with Crippen LogP contribution in [0.4, 0.5) is 5.69 Å². The molecule has 3 heteroatoms. The van der Waals surface area contributed by atoms with Gasteiger partial charge in [0.2, 0.25) is 0 Å². The van der Waals surface area contributed by atoms with Gasteiger partial charge in [-0.15, -0.1) is 0 Å². The summed E-state index contributed by atoms with van der Waals surface area (Å²) in [6.45, 7) is 4.57. The van der Waals surface area contributed by atoms with Crippen molar-refractivity contribution in [2.24, 2.45) is 4.99 Å². The van der Waals surface area contributed by atoms with Crippen molar-refractivity contribution < 1.29 is 4.79 Å². The van der Waals surface area contributed by atoms with Crippen molar-refractivity contribution >= 4 is 17.9 Å². The minimum atomic E-state index is 0.0345. The van der Waals surface area contributed by atoms with Crippen LogP contribution in [0, 0.1) is 0 Å². The lowest BCUT2D eigenvalue weighted by Gasteiger charge is -2.13. The largest absolute Gasteiger partial charge is 0.272 e. The zero-order chi connectivity index (χ0) is 10.8. The average Bonchev–Trinajstić information content (AvgIpc) is 2.65. The first-order valence-corrected chi connectivity index (χ1v) is 5.10. The summed E-state index contributed by atoms with van der Waals surface area (Å²) in [6.07, 6.45) is 1.59. The molecule has 0 N–H and O–H groups in total. The number of benzene rings is 1. The molecule has 1 aliphatic rings. The summed E-state index contributed by atoms with van der Waals surface area (Å²) in [5, 5.41) is 0. The molecule has 0 aliphatic carbocycles. The smallest absolute Gasteiger partial charge is 0.253 e. The first-order valence-electron chi connectivity index (χ1n) is 5.10. The molecular weight excluding hydrogens is 188 g/mol. The molecule has 1 amide bonds. The summed E-state index contributed by atoms with van der Waals surface area (Å²) >= 11 is 0. The van der Waals surface area contributed by atoms with Crippen molar-refractivity contribution in [3.8, 4) is 0 Å². The van der Waals surface area contributed by atoms with Gasteiger partial charge in [-0.1, -0.05) is 26.0 Å². The third kappa shape index (κ3) is 1.91.